The molecule has 0 atom stereocenters. The highest BCUT2D eigenvalue weighted by Crippen LogP contribution is 2.31. The maximum absolute atomic E-state index is 10.9. The van der Waals surface area contributed by atoms with Crippen LogP contribution in [-0.2, 0) is 14.4 Å². The van der Waals surface area contributed by atoms with Gasteiger partial charge in [0.15, 0.2) is 0 Å². The van der Waals surface area contributed by atoms with E-state index in [1.54, 1.807) is 11.8 Å². The number of oxime groups is 1. The molecule has 4 nitrogen and oxygen atoms in total. The molecule has 0 saturated carbocycles. The second-order valence-electron chi connectivity index (χ2n) is 3.91. The van der Waals surface area contributed by atoms with Crippen LogP contribution in [0.4, 0.5) is 0 Å². The minimum Gasteiger partial charge on any atom is -0.268 e. The first-order valence-corrected chi connectivity index (χ1v) is 7.95. The lowest BCUT2D eigenvalue weighted by atomic mass is 10.1. The molecule has 0 bridgehead atoms. The smallest absolute Gasteiger partial charge is 0.268 e. The molecule has 2 rings (SSSR count). The monoisotopic (exact) mass is 271 g/mol. The number of benzene rings is 1. The summed E-state index contributed by atoms with van der Waals surface area (Å²) < 4.78 is 26.4. The highest BCUT2D eigenvalue weighted by atomic mass is 32.2. The van der Waals surface area contributed by atoms with Crippen LogP contribution in [0.2, 0.25) is 0 Å². The van der Waals surface area contributed by atoms with Crippen molar-refractivity contribution in [2.75, 3.05) is 12.0 Å². The molecule has 0 saturated heterocycles. The van der Waals surface area contributed by atoms with Crippen LogP contribution >= 0.6 is 11.8 Å². The van der Waals surface area contributed by atoms with E-state index in [0.29, 0.717) is 5.71 Å². The molecule has 0 amide bonds. The lowest BCUT2D eigenvalue weighted by Crippen LogP contribution is -2.11. The van der Waals surface area contributed by atoms with Gasteiger partial charge in [0.2, 0.25) is 0 Å². The van der Waals surface area contributed by atoms with E-state index in [1.807, 2.05) is 25.1 Å². The SMILES string of the molecule is Cc1ccc2c(c1)C(=NOS(C)(=O)=O)CCS2. The summed E-state index contributed by atoms with van der Waals surface area (Å²) in [6.07, 6.45) is 1.71. The van der Waals surface area contributed by atoms with Crippen molar-refractivity contribution >= 4 is 27.6 Å². The Morgan fingerprint density at radius 1 is 1.41 bits per heavy atom. The Labute approximate surface area is 105 Å². The Bertz CT molecular complexity index is 564. The zero-order chi connectivity index (χ0) is 12.5. The lowest BCUT2D eigenvalue weighted by Gasteiger charge is -2.17. The van der Waals surface area contributed by atoms with Gasteiger partial charge in [-0.3, -0.25) is 4.28 Å². The fraction of sp³-hybridized carbons (Fsp3) is 0.364. The summed E-state index contributed by atoms with van der Waals surface area (Å²) in [6.45, 7) is 1.99. The predicted octanol–water partition coefficient (Wildman–Crippen LogP) is 2.17. The first kappa shape index (κ1) is 12.4. The van der Waals surface area contributed by atoms with Crippen molar-refractivity contribution in [1.29, 1.82) is 0 Å². The van der Waals surface area contributed by atoms with E-state index in [0.717, 1.165) is 34.5 Å². The Hall–Kier alpha value is -1.01. The molecule has 92 valence electrons. The van der Waals surface area contributed by atoms with Crippen molar-refractivity contribution in [3.8, 4) is 0 Å². The maximum atomic E-state index is 10.9. The van der Waals surface area contributed by atoms with E-state index in [1.165, 1.54) is 0 Å². The van der Waals surface area contributed by atoms with Crippen LogP contribution in [-0.4, -0.2) is 26.1 Å². The molecule has 0 unspecified atom stereocenters. The van der Waals surface area contributed by atoms with Crippen LogP contribution < -0.4 is 0 Å². The second kappa shape index (κ2) is 4.70. The molecule has 0 radical (unpaired) electrons. The lowest BCUT2D eigenvalue weighted by molar-refractivity contribution is 0.342. The quantitative estimate of drug-likeness (QED) is 0.774. The van der Waals surface area contributed by atoms with Crippen molar-refractivity contribution < 1.29 is 12.7 Å². The van der Waals surface area contributed by atoms with E-state index < -0.39 is 10.1 Å². The number of thioether (sulfide) groups is 1. The second-order valence-corrected chi connectivity index (χ2v) is 6.61. The zero-order valence-electron chi connectivity index (χ0n) is 9.63. The number of fused-ring (bicyclic) bond motifs is 1. The normalized spacial score (nSPS) is 17.9. The third-order valence-electron chi connectivity index (χ3n) is 2.33. The Morgan fingerprint density at radius 3 is 2.88 bits per heavy atom. The minimum atomic E-state index is -3.53. The van der Waals surface area contributed by atoms with E-state index in [-0.39, 0.29) is 0 Å². The van der Waals surface area contributed by atoms with Gasteiger partial charge in [0.05, 0.1) is 12.0 Å². The van der Waals surface area contributed by atoms with Gasteiger partial charge < -0.3 is 0 Å². The van der Waals surface area contributed by atoms with Crippen LogP contribution in [0, 0.1) is 6.92 Å². The summed E-state index contributed by atoms with van der Waals surface area (Å²) in [4.78, 5) is 1.12. The van der Waals surface area contributed by atoms with Crippen LogP contribution in [0.25, 0.3) is 0 Å². The van der Waals surface area contributed by atoms with E-state index in [4.69, 9.17) is 0 Å². The Morgan fingerprint density at radius 2 is 2.18 bits per heavy atom. The molecule has 0 aliphatic carbocycles. The van der Waals surface area contributed by atoms with E-state index in [2.05, 4.69) is 9.44 Å². The fourth-order valence-corrected chi connectivity index (χ4v) is 2.83. The number of rotatable bonds is 2. The molecule has 17 heavy (non-hydrogen) atoms. The van der Waals surface area contributed by atoms with Crippen LogP contribution in [0.15, 0.2) is 28.3 Å². The topological polar surface area (TPSA) is 55.7 Å². The molecular formula is C11H13NO3S2. The summed E-state index contributed by atoms with van der Waals surface area (Å²) >= 11 is 1.75. The summed E-state index contributed by atoms with van der Waals surface area (Å²) in [5.74, 6) is 0.891. The van der Waals surface area contributed by atoms with Crippen molar-refractivity contribution in [3.63, 3.8) is 0 Å². The van der Waals surface area contributed by atoms with E-state index >= 15 is 0 Å². The molecule has 0 aromatic heterocycles. The number of aryl methyl sites for hydroxylation is 1. The number of hydrogen-bond acceptors (Lipinski definition) is 5. The van der Waals surface area contributed by atoms with E-state index in [9.17, 15) is 8.42 Å². The molecule has 0 N–H and O–H groups in total. The maximum Gasteiger partial charge on any atom is 0.325 e. The Kier molecular flexibility index (Phi) is 3.44. The largest absolute Gasteiger partial charge is 0.325 e. The van der Waals surface area contributed by atoms with Gasteiger partial charge in [0.1, 0.15) is 0 Å². The molecule has 0 fully saturated rings. The van der Waals surface area contributed by atoms with Crippen LogP contribution in [0.5, 0.6) is 0 Å². The van der Waals surface area contributed by atoms with Gasteiger partial charge in [-0.25, -0.2) is 0 Å². The first-order chi connectivity index (χ1) is 7.96. The summed E-state index contributed by atoms with van der Waals surface area (Å²) in [5.41, 5.74) is 2.80. The highest BCUT2D eigenvalue weighted by Gasteiger charge is 2.17. The zero-order valence-corrected chi connectivity index (χ0v) is 11.3. The molecule has 1 aromatic carbocycles. The van der Waals surface area contributed by atoms with Crippen LogP contribution in [0.3, 0.4) is 0 Å². The summed E-state index contributed by atoms with van der Waals surface area (Å²) in [5, 5.41) is 3.75. The first-order valence-electron chi connectivity index (χ1n) is 5.15. The minimum absolute atomic E-state index is 0.702. The standard InChI is InChI=1S/C11H13NO3S2/c1-8-3-4-11-9(7-8)10(5-6-16-11)12-15-17(2,13)14/h3-4,7H,5-6H2,1-2H3. The molecule has 1 heterocycles. The summed E-state index contributed by atoms with van der Waals surface area (Å²) in [7, 11) is -3.53. The van der Waals surface area contributed by atoms with Gasteiger partial charge >= 0.3 is 10.1 Å². The van der Waals surface area contributed by atoms with Gasteiger partial charge in [-0.05, 0) is 19.1 Å². The van der Waals surface area contributed by atoms with Crippen molar-refractivity contribution in [1.82, 2.24) is 0 Å². The number of nitrogens with zero attached hydrogens (tertiary/aromatic N) is 1. The molecule has 1 aliphatic rings. The number of hydrogen-bond donors (Lipinski definition) is 0. The molecule has 1 aliphatic heterocycles. The molecule has 1 aromatic rings. The average Bonchev–Trinajstić information content (AvgIpc) is 2.25. The molecule has 0 spiro atoms. The highest BCUT2D eigenvalue weighted by molar-refractivity contribution is 7.99. The van der Waals surface area contributed by atoms with Gasteiger partial charge in [-0.15, -0.1) is 11.8 Å². The van der Waals surface area contributed by atoms with Crippen molar-refractivity contribution in [3.05, 3.63) is 29.3 Å². The average molecular weight is 271 g/mol. The van der Waals surface area contributed by atoms with Gasteiger partial charge in [0.25, 0.3) is 0 Å². The van der Waals surface area contributed by atoms with Gasteiger partial charge in [0, 0.05) is 22.6 Å². The predicted molar refractivity (Wildman–Crippen MR) is 69.0 cm³/mol. The van der Waals surface area contributed by atoms with Crippen molar-refractivity contribution in [2.24, 2.45) is 5.16 Å². The van der Waals surface area contributed by atoms with Gasteiger partial charge in [-0.1, -0.05) is 16.8 Å². The third kappa shape index (κ3) is 3.23. The summed E-state index contributed by atoms with van der Waals surface area (Å²) in [6, 6.07) is 6.07. The van der Waals surface area contributed by atoms with Gasteiger partial charge in [-0.2, -0.15) is 8.42 Å². The molecule has 6 heteroatoms. The van der Waals surface area contributed by atoms with Crippen molar-refractivity contribution in [2.45, 2.75) is 18.2 Å². The van der Waals surface area contributed by atoms with Crippen LogP contribution in [0.1, 0.15) is 17.5 Å². The fourth-order valence-electron chi connectivity index (χ4n) is 1.60. The Balaban J connectivity index is 2.37. The third-order valence-corrected chi connectivity index (χ3v) is 3.75. The molecular weight excluding hydrogens is 258 g/mol.